The van der Waals surface area contributed by atoms with Crippen molar-refractivity contribution < 1.29 is 14.3 Å². The largest absolute Gasteiger partial charge is 0.466 e. The number of hydrogen-bond acceptors (Lipinski definition) is 3. The summed E-state index contributed by atoms with van der Waals surface area (Å²) in [6, 6.07) is 21.8. The fourth-order valence-electron chi connectivity index (χ4n) is 3.97. The molecule has 0 aliphatic rings. The molecule has 0 spiro atoms. The van der Waals surface area contributed by atoms with Crippen molar-refractivity contribution in [3.8, 4) is 0 Å². The molecule has 30 heavy (non-hydrogen) atoms. The Labute approximate surface area is 176 Å². The number of benzene rings is 3. The fraction of sp³-hybridized carbons (Fsp3) is 0.231. The van der Waals surface area contributed by atoms with Gasteiger partial charge in [-0.3, -0.25) is 9.59 Å². The van der Waals surface area contributed by atoms with Gasteiger partial charge in [-0.15, -0.1) is 0 Å². The average molecular weight is 399 g/mol. The predicted octanol–water partition coefficient (Wildman–Crippen LogP) is 5.76. The number of unbranched alkanes of at least 4 members (excludes halogenated alkanes) is 1. The molecule has 0 saturated carbocycles. The normalized spacial score (nSPS) is 11.1. The Bertz CT molecular complexity index is 1200. The lowest BCUT2D eigenvalue weighted by molar-refractivity contribution is -0.143. The van der Waals surface area contributed by atoms with E-state index in [1.54, 1.807) is 0 Å². The van der Waals surface area contributed by atoms with Gasteiger partial charge in [0.1, 0.15) is 0 Å². The number of hydrogen-bond donors (Lipinski definition) is 0. The van der Waals surface area contributed by atoms with Crippen molar-refractivity contribution in [2.45, 2.75) is 32.7 Å². The van der Waals surface area contributed by atoms with E-state index in [0.29, 0.717) is 18.6 Å². The van der Waals surface area contributed by atoms with Crippen LogP contribution in [0.15, 0.2) is 72.9 Å². The van der Waals surface area contributed by atoms with E-state index in [1.807, 2.05) is 79.9 Å². The Morgan fingerprint density at radius 1 is 0.833 bits per heavy atom. The minimum Gasteiger partial charge on any atom is -0.466 e. The topological polar surface area (TPSA) is 48.3 Å². The first-order valence-corrected chi connectivity index (χ1v) is 10.4. The molecule has 152 valence electrons. The van der Waals surface area contributed by atoms with Crippen molar-refractivity contribution >= 4 is 33.4 Å². The second kappa shape index (κ2) is 8.95. The van der Waals surface area contributed by atoms with E-state index in [9.17, 15) is 9.59 Å². The highest BCUT2D eigenvalue weighted by atomic mass is 16.5. The maximum absolute atomic E-state index is 13.5. The first-order chi connectivity index (χ1) is 14.7. The summed E-state index contributed by atoms with van der Waals surface area (Å²) in [4.78, 5) is 25.1. The summed E-state index contributed by atoms with van der Waals surface area (Å²) >= 11 is 0. The van der Waals surface area contributed by atoms with Gasteiger partial charge in [-0.1, -0.05) is 60.7 Å². The van der Waals surface area contributed by atoms with Crippen molar-refractivity contribution in [3.63, 3.8) is 0 Å². The van der Waals surface area contributed by atoms with Crippen LogP contribution in [0.5, 0.6) is 0 Å². The minimum absolute atomic E-state index is 0.0354. The van der Waals surface area contributed by atoms with Crippen LogP contribution in [0.3, 0.4) is 0 Å². The molecule has 0 atom stereocenters. The highest BCUT2D eigenvalue weighted by Gasteiger charge is 2.18. The van der Waals surface area contributed by atoms with Crippen LogP contribution < -0.4 is 0 Å². The number of aromatic nitrogens is 1. The van der Waals surface area contributed by atoms with Crippen molar-refractivity contribution in [2.75, 3.05) is 6.61 Å². The number of para-hydroxylation sites is 1. The number of carbonyl (C=O) groups is 2. The van der Waals surface area contributed by atoms with Crippen LogP contribution in [0.4, 0.5) is 0 Å². The van der Waals surface area contributed by atoms with Crippen molar-refractivity contribution in [1.29, 1.82) is 0 Å². The molecule has 0 unspecified atom stereocenters. The Balaban J connectivity index is 1.62. The lowest BCUT2D eigenvalue weighted by Crippen LogP contribution is -2.04. The van der Waals surface area contributed by atoms with Gasteiger partial charge in [0.25, 0.3) is 0 Å². The molecule has 3 aromatic carbocycles. The standard InChI is InChI=1S/C26H25NO3/c1-2-30-25(28)16-7-8-17-27-18-23(21-13-5-6-15-24(21)27)26(29)22-14-9-11-19-10-3-4-12-20(19)22/h3-6,9-15,18H,2,7-8,16-17H2,1H3. The first kappa shape index (κ1) is 19.9. The molecule has 4 rings (SSSR count). The van der Waals surface area contributed by atoms with Crippen LogP contribution in [0, 0.1) is 0 Å². The number of aryl methyl sites for hydroxylation is 1. The monoisotopic (exact) mass is 399 g/mol. The second-order valence-corrected chi connectivity index (χ2v) is 7.37. The quantitative estimate of drug-likeness (QED) is 0.215. The summed E-state index contributed by atoms with van der Waals surface area (Å²) in [6.45, 7) is 2.99. The highest BCUT2D eigenvalue weighted by Crippen LogP contribution is 2.27. The number of ketones is 1. The van der Waals surface area contributed by atoms with Gasteiger partial charge in [-0.2, -0.15) is 0 Å². The Hall–Kier alpha value is -3.40. The smallest absolute Gasteiger partial charge is 0.305 e. The van der Waals surface area contributed by atoms with Crippen LogP contribution in [0.2, 0.25) is 0 Å². The van der Waals surface area contributed by atoms with Crippen molar-refractivity contribution in [1.82, 2.24) is 4.57 Å². The summed E-state index contributed by atoms with van der Waals surface area (Å²) in [7, 11) is 0. The van der Waals surface area contributed by atoms with Crippen LogP contribution in [-0.2, 0) is 16.1 Å². The number of ether oxygens (including phenoxy) is 1. The van der Waals surface area contributed by atoms with Gasteiger partial charge in [-0.25, -0.2) is 0 Å². The SMILES string of the molecule is CCOC(=O)CCCCn1cc(C(=O)c2cccc3ccccc23)c2ccccc21. The molecule has 0 aliphatic heterocycles. The zero-order chi connectivity index (χ0) is 20.9. The first-order valence-electron chi connectivity index (χ1n) is 10.4. The summed E-state index contributed by atoms with van der Waals surface area (Å²) in [5.74, 6) is -0.116. The maximum atomic E-state index is 13.5. The van der Waals surface area contributed by atoms with Gasteiger partial charge in [0.15, 0.2) is 5.78 Å². The van der Waals surface area contributed by atoms with Gasteiger partial charge < -0.3 is 9.30 Å². The molecule has 0 fully saturated rings. The molecule has 0 bridgehead atoms. The zero-order valence-corrected chi connectivity index (χ0v) is 17.1. The number of esters is 1. The van der Waals surface area contributed by atoms with Gasteiger partial charge in [0.05, 0.1) is 6.61 Å². The Morgan fingerprint density at radius 3 is 2.40 bits per heavy atom. The third kappa shape index (κ3) is 3.99. The molecule has 0 N–H and O–H groups in total. The van der Waals surface area contributed by atoms with Crippen LogP contribution >= 0.6 is 0 Å². The van der Waals surface area contributed by atoms with Crippen molar-refractivity contribution in [2.24, 2.45) is 0 Å². The molecule has 0 radical (unpaired) electrons. The number of nitrogens with zero attached hydrogens (tertiary/aromatic N) is 1. The van der Waals surface area contributed by atoms with E-state index in [0.717, 1.165) is 46.6 Å². The summed E-state index contributed by atoms with van der Waals surface area (Å²) < 4.78 is 7.12. The zero-order valence-electron chi connectivity index (χ0n) is 17.1. The molecule has 1 heterocycles. The fourth-order valence-corrected chi connectivity index (χ4v) is 3.97. The molecule has 0 aliphatic carbocycles. The van der Waals surface area contributed by atoms with Crippen molar-refractivity contribution in [3.05, 3.63) is 84.1 Å². The number of fused-ring (bicyclic) bond motifs is 2. The summed E-state index contributed by atoms with van der Waals surface area (Å²) in [5.41, 5.74) is 2.47. The van der Waals surface area contributed by atoms with Gasteiger partial charge in [0, 0.05) is 41.2 Å². The summed E-state index contributed by atoms with van der Waals surface area (Å²) in [6.07, 6.45) is 3.99. The van der Waals surface area contributed by atoms with Gasteiger partial charge in [-0.05, 0) is 36.6 Å². The Morgan fingerprint density at radius 2 is 1.57 bits per heavy atom. The third-order valence-corrected chi connectivity index (χ3v) is 5.40. The van der Waals surface area contributed by atoms with Gasteiger partial charge >= 0.3 is 5.97 Å². The minimum atomic E-state index is -0.151. The van der Waals surface area contributed by atoms with Gasteiger partial charge in [0.2, 0.25) is 0 Å². The predicted molar refractivity (Wildman–Crippen MR) is 120 cm³/mol. The van der Waals surface area contributed by atoms with E-state index < -0.39 is 0 Å². The highest BCUT2D eigenvalue weighted by molar-refractivity contribution is 6.21. The van der Waals surface area contributed by atoms with E-state index in [4.69, 9.17) is 4.74 Å². The van der Waals surface area contributed by atoms with Crippen LogP contribution in [0.25, 0.3) is 21.7 Å². The van der Waals surface area contributed by atoms with E-state index >= 15 is 0 Å². The molecular formula is C26H25NO3. The average Bonchev–Trinajstić information content (AvgIpc) is 3.15. The van der Waals surface area contributed by atoms with E-state index in [-0.39, 0.29) is 11.8 Å². The number of rotatable bonds is 8. The molecule has 1 aromatic heterocycles. The molecule has 0 saturated heterocycles. The van der Waals surface area contributed by atoms with Crippen LogP contribution in [0.1, 0.15) is 42.1 Å². The Kier molecular flexibility index (Phi) is 5.94. The number of carbonyl (C=O) groups excluding carboxylic acids is 2. The summed E-state index contributed by atoms with van der Waals surface area (Å²) in [5, 5.41) is 2.99. The third-order valence-electron chi connectivity index (χ3n) is 5.40. The molecule has 4 aromatic rings. The lowest BCUT2D eigenvalue weighted by Gasteiger charge is -2.05. The van der Waals surface area contributed by atoms with E-state index in [2.05, 4.69) is 4.57 Å². The lowest BCUT2D eigenvalue weighted by atomic mass is 9.97. The molecule has 4 heteroatoms. The maximum Gasteiger partial charge on any atom is 0.305 e. The van der Waals surface area contributed by atoms with Crippen LogP contribution in [-0.4, -0.2) is 22.9 Å². The molecule has 4 nitrogen and oxygen atoms in total. The van der Waals surface area contributed by atoms with E-state index in [1.165, 1.54) is 0 Å². The molecular weight excluding hydrogens is 374 g/mol. The second-order valence-electron chi connectivity index (χ2n) is 7.37. The molecule has 0 amide bonds.